The van der Waals surface area contributed by atoms with Crippen LogP contribution in [-0.4, -0.2) is 22.4 Å². The Kier molecular flexibility index (Phi) is 7.20. The molecule has 0 heterocycles. The Hall–Kier alpha value is -0.0800. The molecule has 0 rings (SSSR count). The molecule has 2 N–H and O–H groups in total. The Morgan fingerprint density at radius 3 is 2.21 bits per heavy atom. The molecule has 2 unspecified atom stereocenters. The fourth-order valence-corrected chi connectivity index (χ4v) is 2.29. The SMILES string of the molecule is CCCC(O)(CC)C(CC)CCCO. The van der Waals surface area contributed by atoms with Crippen molar-refractivity contribution in [1.82, 2.24) is 0 Å². The summed E-state index contributed by atoms with van der Waals surface area (Å²) in [6.45, 7) is 6.53. The van der Waals surface area contributed by atoms with Gasteiger partial charge in [0, 0.05) is 6.61 Å². The molecule has 0 fully saturated rings. The average Bonchev–Trinajstić information content (AvgIpc) is 2.19. The standard InChI is InChI=1S/C12H26O2/c1-4-9-12(14,6-3)11(5-2)8-7-10-13/h11,13-14H,4-10H2,1-3H3. The molecule has 0 aliphatic rings. The molecule has 0 aromatic carbocycles. The van der Waals surface area contributed by atoms with Crippen LogP contribution in [-0.2, 0) is 0 Å². The Morgan fingerprint density at radius 1 is 1.21 bits per heavy atom. The molecule has 0 aliphatic carbocycles. The zero-order valence-corrected chi connectivity index (χ0v) is 9.92. The summed E-state index contributed by atoms with van der Waals surface area (Å²) in [5.41, 5.74) is -0.501. The van der Waals surface area contributed by atoms with Gasteiger partial charge in [-0.3, -0.25) is 0 Å². The fraction of sp³-hybridized carbons (Fsp3) is 1.00. The zero-order chi connectivity index (χ0) is 11.0. The first-order valence-corrected chi connectivity index (χ1v) is 5.97. The van der Waals surface area contributed by atoms with Crippen molar-refractivity contribution in [3.8, 4) is 0 Å². The van der Waals surface area contributed by atoms with E-state index in [2.05, 4.69) is 20.8 Å². The third-order valence-corrected chi connectivity index (χ3v) is 3.26. The molecular formula is C12H26O2. The third kappa shape index (κ3) is 3.97. The molecule has 0 amide bonds. The van der Waals surface area contributed by atoms with E-state index in [9.17, 15) is 5.11 Å². The van der Waals surface area contributed by atoms with Crippen LogP contribution in [0.15, 0.2) is 0 Å². The summed E-state index contributed by atoms with van der Waals surface area (Å²) in [5.74, 6) is 0.347. The van der Waals surface area contributed by atoms with Crippen molar-refractivity contribution in [1.29, 1.82) is 0 Å². The van der Waals surface area contributed by atoms with Crippen molar-refractivity contribution in [2.75, 3.05) is 6.61 Å². The number of aliphatic hydroxyl groups excluding tert-OH is 1. The van der Waals surface area contributed by atoms with E-state index >= 15 is 0 Å². The number of aliphatic hydroxyl groups is 2. The van der Waals surface area contributed by atoms with Crippen molar-refractivity contribution in [2.24, 2.45) is 5.92 Å². The summed E-state index contributed by atoms with van der Waals surface area (Å²) in [5, 5.41) is 19.2. The van der Waals surface area contributed by atoms with Gasteiger partial charge in [-0.05, 0) is 31.6 Å². The summed E-state index contributed by atoms with van der Waals surface area (Å²) in [6, 6.07) is 0. The zero-order valence-electron chi connectivity index (χ0n) is 9.92. The van der Waals surface area contributed by atoms with E-state index in [1.165, 1.54) is 0 Å². The highest BCUT2D eigenvalue weighted by molar-refractivity contribution is 4.84. The first-order chi connectivity index (χ1) is 6.64. The topological polar surface area (TPSA) is 40.5 Å². The van der Waals surface area contributed by atoms with E-state index in [1.54, 1.807) is 0 Å². The van der Waals surface area contributed by atoms with Gasteiger partial charge in [0.25, 0.3) is 0 Å². The van der Waals surface area contributed by atoms with Crippen LogP contribution in [0, 0.1) is 5.92 Å². The van der Waals surface area contributed by atoms with Crippen LogP contribution in [0.1, 0.15) is 59.3 Å². The molecule has 0 aromatic heterocycles. The monoisotopic (exact) mass is 202 g/mol. The van der Waals surface area contributed by atoms with Crippen molar-refractivity contribution < 1.29 is 10.2 Å². The molecule has 2 nitrogen and oxygen atoms in total. The van der Waals surface area contributed by atoms with E-state index in [-0.39, 0.29) is 6.61 Å². The van der Waals surface area contributed by atoms with Crippen molar-refractivity contribution in [2.45, 2.75) is 64.9 Å². The first-order valence-electron chi connectivity index (χ1n) is 5.97. The highest BCUT2D eigenvalue weighted by Crippen LogP contribution is 2.32. The summed E-state index contributed by atoms with van der Waals surface area (Å²) >= 11 is 0. The maximum atomic E-state index is 10.4. The van der Waals surface area contributed by atoms with Crippen LogP contribution in [0.3, 0.4) is 0 Å². The van der Waals surface area contributed by atoms with Crippen LogP contribution in [0.5, 0.6) is 0 Å². The minimum absolute atomic E-state index is 0.239. The first kappa shape index (κ1) is 13.9. The van der Waals surface area contributed by atoms with E-state index < -0.39 is 5.60 Å². The highest BCUT2D eigenvalue weighted by Gasteiger charge is 2.32. The van der Waals surface area contributed by atoms with Gasteiger partial charge in [-0.15, -0.1) is 0 Å². The number of hydrogen-bond acceptors (Lipinski definition) is 2. The van der Waals surface area contributed by atoms with Crippen LogP contribution in [0.4, 0.5) is 0 Å². The van der Waals surface area contributed by atoms with Gasteiger partial charge in [-0.25, -0.2) is 0 Å². The molecular weight excluding hydrogens is 176 g/mol. The lowest BCUT2D eigenvalue weighted by Crippen LogP contribution is -2.37. The molecule has 0 saturated heterocycles. The quantitative estimate of drug-likeness (QED) is 0.635. The van der Waals surface area contributed by atoms with E-state index in [4.69, 9.17) is 5.11 Å². The van der Waals surface area contributed by atoms with Gasteiger partial charge in [-0.1, -0.05) is 33.6 Å². The van der Waals surface area contributed by atoms with Crippen LogP contribution >= 0.6 is 0 Å². The Bertz CT molecular complexity index is 136. The van der Waals surface area contributed by atoms with Crippen LogP contribution in [0.2, 0.25) is 0 Å². The summed E-state index contributed by atoms with van der Waals surface area (Å²) in [7, 11) is 0. The molecule has 14 heavy (non-hydrogen) atoms. The lowest BCUT2D eigenvalue weighted by atomic mass is 9.77. The Morgan fingerprint density at radius 2 is 1.86 bits per heavy atom. The molecule has 2 heteroatoms. The molecule has 2 atom stereocenters. The van der Waals surface area contributed by atoms with Gasteiger partial charge in [0.2, 0.25) is 0 Å². The predicted octanol–water partition coefficient (Wildman–Crippen LogP) is 2.73. The van der Waals surface area contributed by atoms with Gasteiger partial charge < -0.3 is 10.2 Å². The maximum Gasteiger partial charge on any atom is 0.0673 e. The molecule has 0 aliphatic heterocycles. The Balaban J connectivity index is 4.26. The molecule has 0 saturated carbocycles. The van der Waals surface area contributed by atoms with E-state index in [0.717, 1.165) is 38.5 Å². The normalized spacial score (nSPS) is 17.8. The molecule has 0 aromatic rings. The van der Waals surface area contributed by atoms with Crippen molar-refractivity contribution in [3.05, 3.63) is 0 Å². The minimum atomic E-state index is -0.501. The van der Waals surface area contributed by atoms with Crippen LogP contribution in [0.25, 0.3) is 0 Å². The highest BCUT2D eigenvalue weighted by atomic mass is 16.3. The van der Waals surface area contributed by atoms with Crippen LogP contribution < -0.4 is 0 Å². The van der Waals surface area contributed by atoms with Gasteiger partial charge >= 0.3 is 0 Å². The molecule has 0 spiro atoms. The Labute approximate surface area is 88.3 Å². The average molecular weight is 202 g/mol. The lowest BCUT2D eigenvalue weighted by molar-refractivity contribution is -0.0369. The minimum Gasteiger partial charge on any atom is -0.396 e. The van der Waals surface area contributed by atoms with Crippen molar-refractivity contribution >= 4 is 0 Å². The van der Waals surface area contributed by atoms with Crippen molar-refractivity contribution in [3.63, 3.8) is 0 Å². The second-order valence-corrected chi connectivity index (χ2v) is 4.18. The van der Waals surface area contributed by atoms with Gasteiger partial charge in [-0.2, -0.15) is 0 Å². The summed E-state index contributed by atoms with van der Waals surface area (Å²) < 4.78 is 0. The summed E-state index contributed by atoms with van der Waals surface area (Å²) in [4.78, 5) is 0. The molecule has 0 radical (unpaired) electrons. The molecule has 86 valence electrons. The third-order valence-electron chi connectivity index (χ3n) is 3.26. The molecule has 0 bridgehead atoms. The van der Waals surface area contributed by atoms with E-state index in [0.29, 0.717) is 5.92 Å². The van der Waals surface area contributed by atoms with Gasteiger partial charge in [0.05, 0.1) is 5.60 Å². The maximum absolute atomic E-state index is 10.4. The lowest BCUT2D eigenvalue weighted by Gasteiger charge is -2.35. The smallest absolute Gasteiger partial charge is 0.0673 e. The second kappa shape index (κ2) is 7.24. The number of rotatable bonds is 8. The second-order valence-electron chi connectivity index (χ2n) is 4.18. The van der Waals surface area contributed by atoms with Gasteiger partial charge in [0.15, 0.2) is 0 Å². The fourth-order valence-electron chi connectivity index (χ4n) is 2.29. The largest absolute Gasteiger partial charge is 0.396 e. The van der Waals surface area contributed by atoms with Gasteiger partial charge in [0.1, 0.15) is 0 Å². The number of hydrogen-bond donors (Lipinski definition) is 2. The summed E-state index contributed by atoms with van der Waals surface area (Å²) in [6.07, 6.45) is 5.49. The van der Waals surface area contributed by atoms with E-state index in [1.807, 2.05) is 0 Å². The predicted molar refractivity (Wildman–Crippen MR) is 60.2 cm³/mol.